The minimum Gasteiger partial charge on any atom is -0.497 e. The monoisotopic (exact) mass is 280 g/mol. The summed E-state index contributed by atoms with van der Waals surface area (Å²) in [6, 6.07) is 5.72. The van der Waals surface area contributed by atoms with Gasteiger partial charge in [-0.05, 0) is 32.0 Å². The molecule has 0 aromatic heterocycles. The van der Waals surface area contributed by atoms with Gasteiger partial charge in [0.2, 0.25) is 0 Å². The van der Waals surface area contributed by atoms with Crippen molar-refractivity contribution in [2.45, 2.75) is 32.4 Å². The molecular weight excluding hydrogens is 255 g/mol. The van der Waals surface area contributed by atoms with Crippen LogP contribution in [0.5, 0.6) is 5.75 Å². The molecule has 0 radical (unpaired) electrons. The molecule has 0 bridgehead atoms. The summed E-state index contributed by atoms with van der Waals surface area (Å²) in [6.45, 7) is 4.97. The van der Waals surface area contributed by atoms with Crippen LogP contribution >= 0.6 is 0 Å². The molecule has 2 rings (SSSR count). The zero-order valence-electron chi connectivity index (χ0n) is 12.7. The number of ether oxygens (including phenoxy) is 1. The summed E-state index contributed by atoms with van der Waals surface area (Å²) in [6.07, 6.45) is 2.29. The first-order valence-corrected chi connectivity index (χ1v) is 7.40. The third-order valence-electron chi connectivity index (χ3n) is 4.37. The van der Waals surface area contributed by atoms with Gasteiger partial charge in [-0.25, -0.2) is 4.39 Å². The van der Waals surface area contributed by atoms with Crippen LogP contribution in [0.2, 0.25) is 0 Å². The largest absolute Gasteiger partial charge is 0.497 e. The van der Waals surface area contributed by atoms with Crippen LogP contribution < -0.4 is 10.1 Å². The van der Waals surface area contributed by atoms with E-state index in [1.165, 1.54) is 6.07 Å². The third kappa shape index (κ3) is 3.49. The number of methoxy groups -OCH3 is 1. The maximum atomic E-state index is 14.0. The van der Waals surface area contributed by atoms with E-state index in [1.807, 2.05) is 19.2 Å². The molecule has 1 aromatic rings. The topological polar surface area (TPSA) is 24.5 Å². The van der Waals surface area contributed by atoms with Gasteiger partial charge in [0.25, 0.3) is 0 Å². The van der Waals surface area contributed by atoms with E-state index < -0.39 is 0 Å². The Labute approximate surface area is 121 Å². The first-order valence-electron chi connectivity index (χ1n) is 7.40. The van der Waals surface area contributed by atoms with Crippen molar-refractivity contribution in [2.75, 3.05) is 27.2 Å². The Bertz CT molecular complexity index is 438. The summed E-state index contributed by atoms with van der Waals surface area (Å²) in [5.74, 6) is 1.05. The quantitative estimate of drug-likeness (QED) is 0.897. The van der Waals surface area contributed by atoms with Crippen LogP contribution in [0.4, 0.5) is 4.39 Å². The minimum absolute atomic E-state index is 0.173. The molecule has 1 N–H and O–H groups in total. The molecule has 1 aliphatic rings. The van der Waals surface area contributed by atoms with Crippen molar-refractivity contribution < 1.29 is 9.13 Å². The number of benzene rings is 1. The Balaban J connectivity index is 2.00. The fourth-order valence-corrected chi connectivity index (χ4v) is 3.07. The van der Waals surface area contributed by atoms with Crippen LogP contribution in [-0.2, 0) is 6.54 Å². The van der Waals surface area contributed by atoms with Gasteiger partial charge in [-0.2, -0.15) is 0 Å². The lowest BCUT2D eigenvalue weighted by molar-refractivity contribution is 0.131. The van der Waals surface area contributed by atoms with Crippen molar-refractivity contribution in [1.29, 1.82) is 0 Å². The Kier molecular flexibility index (Phi) is 5.38. The van der Waals surface area contributed by atoms with E-state index in [2.05, 4.69) is 17.1 Å². The Morgan fingerprint density at radius 2 is 2.25 bits per heavy atom. The van der Waals surface area contributed by atoms with Crippen LogP contribution in [0.1, 0.15) is 25.3 Å². The number of hydrogen-bond donors (Lipinski definition) is 1. The van der Waals surface area contributed by atoms with Gasteiger partial charge in [0, 0.05) is 30.8 Å². The molecule has 3 nitrogen and oxygen atoms in total. The molecule has 0 amide bonds. The molecule has 20 heavy (non-hydrogen) atoms. The maximum Gasteiger partial charge on any atom is 0.131 e. The second-order valence-corrected chi connectivity index (χ2v) is 5.54. The molecule has 2 unspecified atom stereocenters. The Morgan fingerprint density at radius 3 is 2.85 bits per heavy atom. The second kappa shape index (κ2) is 7.04. The van der Waals surface area contributed by atoms with Gasteiger partial charge in [-0.15, -0.1) is 0 Å². The lowest BCUT2D eigenvalue weighted by atomic mass is 9.90. The van der Waals surface area contributed by atoms with Crippen molar-refractivity contribution >= 4 is 0 Å². The summed E-state index contributed by atoms with van der Waals surface area (Å²) >= 11 is 0. The molecule has 0 saturated carbocycles. The molecule has 2 atom stereocenters. The van der Waals surface area contributed by atoms with E-state index >= 15 is 0 Å². The number of piperidine rings is 1. The number of likely N-dealkylation sites (tertiary alicyclic amines) is 1. The van der Waals surface area contributed by atoms with E-state index in [1.54, 1.807) is 7.11 Å². The average molecular weight is 280 g/mol. The van der Waals surface area contributed by atoms with Crippen LogP contribution in [0.15, 0.2) is 18.2 Å². The highest BCUT2D eigenvalue weighted by Gasteiger charge is 2.27. The van der Waals surface area contributed by atoms with Gasteiger partial charge in [-0.1, -0.05) is 19.4 Å². The Morgan fingerprint density at radius 1 is 1.45 bits per heavy atom. The smallest absolute Gasteiger partial charge is 0.131 e. The molecule has 112 valence electrons. The van der Waals surface area contributed by atoms with E-state index in [-0.39, 0.29) is 5.82 Å². The van der Waals surface area contributed by atoms with E-state index in [0.717, 1.165) is 31.5 Å². The third-order valence-corrected chi connectivity index (χ3v) is 4.37. The molecule has 4 heteroatoms. The predicted octanol–water partition coefficient (Wildman–Crippen LogP) is 2.65. The first-order chi connectivity index (χ1) is 9.67. The molecule has 1 fully saturated rings. The molecule has 1 aliphatic heterocycles. The summed E-state index contributed by atoms with van der Waals surface area (Å²) in [5, 5.41) is 3.40. The lowest BCUT2D eigenvalue weighted by Crippen LogP contribution is -2.47. The molecule has 1 aromatic carbocycles. The average Bonchev–Trinajstić information content (AvgIpc) is 2.49. The van der Waals surface area contributed by atoms with Crippen molar-refractivity contribution in [3.8, 4) is 5.75 Å². The van der Waals surface area contributed by atoms with Gasteiger partial charge < -0.3 is 10.1 Å². The zero-order valence-corrected chi connectivity index (χ0v) is 12.7. The number of rotatable bonds is 5. The predicted molar refractivity (Wildman–Crippen MR) is 79.5 cm³/mol. The van der Waals surface area contributed by atoms with Gasteiger partial charge >= 0.3 is 0 Å². The highest BCUT2D eigenvalue weighted by molar-refractivity contribution is 5.28. The standard InChI is InChI=1S/C16H25FN2O/c1-4-12-10-19(8-7-16(12)18-2)11-13-5-6-14(20-3)9-15(13)17/h5-6,9,12,16,18H,4,7-8,10-11H2,1-3H3. The van der Waals surface area contributed by atoms with Gasteiger partial charge in [-0.3, -0.25) is 4.90 Å². The number of nitrogens with one attached hydrogen (secondary N) is 1. The van der Waals surface area contributed by atoms with Gasteiger partial charge in [0.1, 0.15) is 11.6 Å². The van der Waals surface area contributed by atoms with Gasteiger partial charge in [0.15, 0.2) is 0 Å². The molecule has 0 aliphatic carbocycles. The van der Waals surface area contributed by atoms with Gasteiger partial charge in [0.05, 0.1) is 7.11 Å². The SMILES string of the molecule is CCC1CN(Cc2ccc(OC)cc2F)CCC1NC. The van der Waals surface area contributed by atoms with Crippen LogP contribution in [0, 0.1) is 11.7 Å². The number of halogens is 1. The number of nitrogens with zero attached hydrogens (tertiary/aromatic N) is 1. The van der Waals surface area contributed by atoms with Crippen molar-refractivity contribution in [2.24, 2.45) is 5.92 Å². The molecule has 0 spiro atoms. The van der Waals surface area contributed by atoms with E-state index in [9.17, 15) is 4.39 Å². The van der Waals surface area contributed by atoms with Crippen molar-refractivity contribution in [3.05, 3.63) is 29.6 Å². The fourth-order valence-electron chi connectivity index (χ4n) is 3.07. The van der Waals surface area contributed by atoms with E-state index in [0.29, 0.717) is 24.3 Å². The maximum absolute atomic E-state index is 14.0. The normalized spacial score (nSPS) is 23.8. The number of hydrogen-bond acceptors (Lipinski definition) is 3. The second-order valence-electron chi connectivity index (χ2n) is 5.54. The summed E-state index contributed by atoms with van der Waals surface area (Å²) in [4.78, 5) is 2.35. The van der Waals surface area contributed by atoms with Crippen molar-refractivity contribution in [3.63, 3.8) is 0 Å². The zero-order chi connectivity index (χ0) is 14.5. The fraction of sp³-hybridized carbons (Fsp3) is 0.625. The van der Waals surface area contributed by atoms with Crippen LogP contribution in [-0.4, -0.2) is 38.2 Å². The first kappa shape index (κ1) is 15.3. The highest BCUT2D eigenvalue weighted by Crippen LogP contribution is 2.23. The summed E-state index contributed by atoms with van der Waals surface area (Å²) in [7, 11) is 3.59. The minimum atomic E-state index is -0.173. The van der Waals surface area contributed by atoms with Crippen LogP contribution in [0.25, 0.3) is 0 Å². The van der Waals surface area contributed by atoms with Crippen LogP contribution in [0.3, 0.4) is 0 Å². The highest BCUT2D eigenvalue weighted by atomic mass is 19.1. The van der Waals surface area contributed by atoms with E-state index in [4.69, 9.17) is 4.74 Å². The lowest BCUT2D eigenvalue weighted by Gasteiger charge is -2.38. The molecular formula is C16H25FN2O. The molecule has 1 saturated heterocycles. The summed E-state index contributed by atoms with van der Waals surface area (Å²) < 4.78 is 19.0. The summed E-state index contributed by atoms with van der Waals surface area (Å²) in [5.41, 5.74) is 0.753. The van der Waals surface area contributed by atoms with Crippen molar-refractivity contribution in [1.82, 2.24) is 10.2 Å². The Hall–Kier alpha value is -1.13. The molecule has 1 heterocycles.